The Morgan fingerprint density at radius 3 is 2.42 bits per heavy atom. The van der Waals surface area contributed by atoms with Gasteiger partial charge in [-0.05, 0) is 31.9 Å². The van der Waals surface area contributed by atoms with Crippen LogP contribution in [0.15, 0.2) is 12.1 Å². The van der Waals surface area contributed by atoms with E-state index in [1.54, 1.807) is 0 Å². The van der Waals surface area contributed by atoms with Crippen LogP contribution in [0, 0.1) is 6.92 Å². The van der Waals surface area contributed by atoms with Crippen LogP contribution in [0.4, 0.5) is 11.6 Å². The minimum atomic E-state index is 0.583. The van der Waals surface area contributed by atoms with Gasteiger partial charge in [0.1, 0.15) is 5.82 Å². The van der Waals surface area contributed by atoms with Crippen molar-refractivity contribution in [2.45, 2.75) is 46.5 Å². The first-order valence-corrected chi connectivity index (χ1v) is 9.38. The highest BCUT2D eigenvalue weighted by molar-refractivity contribution is 5.68. The van der Waals surface area contributed by atoms with Crippen LogP contribution in [-0.2, 0) is 6.42 Å². The molecule has 2 heterocycles. The van der Waals surface area contributed by atoms with E-state index in [1.165, 1.54) is 6.42 Å². The van der Waals surface area contributed by atoms with Crippen molar-refractivity contribution < 1.29 is 4.74 Å². The molecule has 0 radical (unpaired) electrons. The highest BCUT2D eigenvalue weighted by Gasteiger charge is 2.17. The molecule has 0 aliphatic carbocycles. The van der Waals surface area contributed by atoms with E-state index in [0.29, 0.717) is 18.3 Å². The number of pyridine rings is 1. The quantitative estimate of drug-likeness (QED) is 0.682. The molecule has 0 aliphatic rings. The second kappa shape index (κ2) is 9.36. The van der Waals surface area contributed by atoms with Crippen molar-refractivity contribution in [2.75, 3.05) is 38.0 Å². The van der Waals surface area contributed by atoms with Gasteiger partial charge in [0, 0.05) is 32.4 Å². The average molecular weight is 358 g/mol. The number of hydrogen-bond acceptors (Lipinski definition) is 6. The molecule has 0 saturated carbocycles. The van der Waals surface area contributed by atoms with Crippen LogP contribution in [-0.4, -0.2) is 42.7 Å². The van der Waals surface area contributed by atoms with Gasteiger partial charge in [-0.1, -0.05) is 26.7 Å². The van der Waals surface area contributed by atoms with Crippen molar-refractivity contribution in [3.05, 3.63) is 23.5 Å². The van der Waals surface area contributed by atoms with E-state index in [-0.39, 0.29) is 0 Å². The van der Waals surface area contributed by atoms with E-state index in [4.69, 9.17) is 14.7 Å². The first-order valence-electron chi connectivity index (χ1n) is 9.38. The van der Waals surface area contributed by atoms with E-state index in [2.05, 4.69) is 30.2 Å². The summed E-state index contributed by atoms with van der Waals surface area (Å²) in [5.74, 6) is 2.19. The van der Waals surface area contributed by atoms with E-state index in [1.807, 2.05) is 39.0 Å². The minimum absolute atomic E-state index is 0.583. The molecule has 6 heteroatoms. The fourth-order valence-electron chi connectivity index (χ4n) is 2.75. The van der Waals surface area contributed by atoms with Gasteiger partial charge in [-0.2, -0.15) is 0 Å². The molecular formula is C20H31N5O. The van der Waals surface area contributed by atoms with Crippen molar-refractivity contribution >= 4 is 11.6 Å². The van der Waals surface area contributed by atoms with Crippen LogP contribution >= 0.6 is 0 Å². The molecule has 2 aromatic heterocycles. The molecule has 0 unspecified atom stereocenters. The van der Waals surface area contributed by atoms with Crippen molar-refractivity contribution in [1.82, 2.24) is 15.0 Å². The molecule has 0 spiro atoms. The van der Waals surface area contributed by atoms with Crippen LogP contribution in [0.3, 0.4) is 0 Å². The molecule has 0 fully saturated rings. The number of ether oxygens (including phenoxy) is 1. The Kier molecular flexibility index (Phi) is 7.18. The average Bonchev–Trinajstić information content (AvgIpc) is 2.64. The van der Waals surface area contributed by atoms with Crippen LogP contribution in [0.1, 0.15) is 44.5 Å². The number of nitrogens with one attached hydrogen (secondary N) is 1. The highest BCUT2D eigenvalue weighted by Crippen LogP contribution is 2.30. The van der Waals surface area contributed by atoms with Crippen LogP contribution in [0.2, 0.25) is 0 Å². The zero-order valence-electron chi connectivity index (χ0n) is 16.9. The molecule has 1 N–H and O–H groups in total. The third-order valence-electron chi connectivity index (χ3n) is 4.28. The summed E-state index contributed by atoms with van der Waals surface area (Å²) >= 11 is 0. The second-order valence-electron chi connectivity index (χ2n) is 6.53. The lowest BCUT2D eigenvalue weighted by Gasteiger charge is -2.17. The molecule has 142 valence electrons. The minimum Gasteiger partial charge on any atom is -0.475 e. The fourth-order valence-corrected chi connectivity index (χ4v) is 2.75. The van der Waals surface area contributed by atoms with E-state index in [9.17, 15) is 0 Å². The zero-order chi connectivity index (χ0) is 19.1. The van der Waals surface area contributed by atoms with E-state index >= 15 is 0 Å². The van der Waals surface area contributed by atoms with Crippen molar-refractivity contribution in [2.24, 2.45) is 0 Å². The van der Waals surface area contributed by atoms with Gasteiger partial charge in [0.05, 0.1) is 18.0 Å². The summed E-state index contributed by atoms with van der Waals surface area (Å²) in [4.78, 5) is 16.2. The maximum atomic E-state index is 5.89. The lowest BCUT2D eigenvalue weighted by atomic mass is 10.1. The summed E-state index contributed by atoms with van der Waals surface area (Å²) in [5.41, 5.74) is 3.75. The molecule has 0 amide bonds. The predicted molar refractivity (Wildman–Crippen MR) is 108 cm³/mol. The lowest BCUT2D eigenvalue weighted by Crippen LogP contribution is -2.12. The maximum Gasteiger partial charge on any atom is 0.257 e. The Balaban J connectivity index is 2.39. The summed E-state index contributed by atoms with van der Waals surface area (Å²) in [6.45, 7) is 6.95. The SMILES string of the molecule is CCCCCOc1nc(CC)c(-c2ccc(N(C)C)nc2C)nc1NC. The molecule has 2 aromatic rings. The molecule has 0 bridgehead atoms. The van der Waals surface area contributed by atoms with Gasteiger partial charge in [-0.25, -0.2) is 15.0 Å². The maximum absolute atomic E-state index is 5.89. The number of rotatable bonds is 9. The summed E-state index contributed by atoms with van der Waals surface area (Å²) in [5, 5.41) is 3.12. The molecule has 26 heavy (non-hydrogen) atoms. The van der Waals surface area contributed by atoms with Gasteiger partial charge >= 0.3 is 0 Å². The molecule has 0 atom stereocenters. The van der Waals surface area contributed by atoms with Crippen LogP contribution in [0.25, 0.3) is 11.3 Å². The highest BCUT2D eigenvalue weighted by atomic mass is 16.5. The first kappa shape index (κ1) is 19.9. The van der Waals surface area contributed by atoms with Crippen molar-refractivity contribution in [3.8, 4) is 17.1 Å². The lowest BCUT2D eigenvalue weighted by molar-refractivity contribution is 0.294. The standard InChI is InChI=1S/C20H31N5O/c1-7-9-10-13-26-20-19(21-4)24-18(16(8-2)23-20)15-11-12-17(25(5)6)22-14(15)3/h11-12H,7-10,13H2,1-6H3,(H,21,24). The Morgan fingerprint density at radius 2 is 1.85 bits per heavy atom. The number of anilines is 2. The molecular weight excluding hydrogens is 326 g/mol. The number of aromatic nitrogens is 3. The zero-order valence-corrected chi connectivity index (χ0v) is 16.9. The van der Waals surface area contributed by atoms with E-state index < -0.39 is 0 Å². The first-order chi connectivity index (χ1) is 12.5. The van der Waals surface area contributed by atoms with Gasteiger partial charge < -0.3 is 15.0 Å². The third kappa shape index (κ3) is 4.62. The molecule has 0 saturated heterocycles. The van der Waals surface area contributed by atoms with Crippen molar-refractivity contribution in [1.29, 1.82) is 0 Å². The fraction of sp³-hybridized carbons (Fsp3) is 0.550. The number of unbranched alkanes of at least 4 members (excludes halogenated alkanes) is 2. The van der Waals surface area contributed by atoms with Crippen molar-refractivity contribution in [3.63, 3.8) is 0 Å². The predicted octanol–water partition coefficient (Wildman–Crippen LogP) is 4.09. The number of nitrogens with zero attached hydrogens (tertiary/aromatic N) is 4. The summed E-state index contributed by atoms with van der Waals surface area (Å²) in [6, 6.07) is 4.08. The topological polar surface area (TPSA) is 63.2 Å². The van der Waals surface area contributed by atoms with Crippen LogP contribution in [0.5, 0.6) is 5.88 Å². The number of hydrogen-bond donors (Lipinski definition) is 1. The summed E-state index contributed by atoms with van der Waals surface area (Å²) < 4.78 is 5.89. The van der Waals surface area contributed by atoms with Gasteiger partial charge in [0.15, 0.2) is 5.82 Å². The van der Waals surface area contributed by atoms with Gasteiger partial charge in [0.2, 0.25) is 0 Å². The van der Waals surface area contributed by atoms with Crippen LogP contribution < -0.4 is 15.0 Å². The smallest absolute Gasteiger partial charge is 0.257 e. The Morgan fingerprint density at radius 1 is 1.08 bits per heavy atom. The summed E-state index contributed by atoms with van der Waals surface area (Å²) in [7, 11) is 5.82. The summed E-state index contributed by atoms with van der Waals surface area (Å²) in [6.07, 6.45) is 4.14. The Bertz CT molecular complexity index is 730. The molecule has 2 rings (SSSR count). The Hall–Kier alpha value is -2.37. The third-order valence-corrected chi connectivity index (χ3v) is 4.28. The molecule has 0 aromatic carbocycles. The van der Waals surface area contributed by atoms with Gasteiger partial charge in [0.25, 0.3) is 5.88 Å². The molecule has 0 aliphatic heterocycles. The normalized spacial score (nSPS) is 10.7. The monoisotopic (exact) mass is 357 g/mol. The van der Waals surface area contributed by atoms with Gasteiger partial charge in [-0.3, -0.25) is 0 Å². The number of aryl methyl sites for hydroxylation is 2. The Labute approximate surface area is 157 Å². The second-order valence-corrected chi connectivity index (χ2v) is 6.53. The van der Waals surface area contributed by atoms with E-state index in [0.717, 1.165) is 47.7 Å². The van der Waals surface area contributed by atoms with Gasteiger partial charge in [-0.15, -0.1) is 0 Å². The largest absolute Gasteiger partial charge is 0.475 e. The molecule has 6 nitrogen and oxygen atoms in total.